The number of aliphatic imine (C=N–C) groups is 1. The molecule has 4 rings (SSSR count). The zero-order chi connectivity index (χ0) is 21.3. The average Bonchev–Trinajstić information content (AvgIpc) is 3.06. The number of anilines is 1. The van der Waals surface area contributed by atoms with Gasteiger partial charge < -0.3 is 0 Å². The van der Waals surface area contributed by atoms with Crippen LogP contribution in [0.5, 0.6) is 0 Å². The third-order valence-corrected chi connectivity index (χ3v) is 4.71. The Balaban J connectivity index is 1.78. The Morgan fingerprint density at radius 3 is 2.20 bits per heavy atom. The molecule has 3 aromatic rings. The predicted molar refractivity (Wildman–Crippen MR) is 113 cm³/mol. The first-order chi connectivity index (χ1) is 14.4. The summed E-state index contributed by atoms with van der Waals surface area (Å²) in [5.74, 6) is -0.446. The molecule has 0 atom stereocenters. The van der Waals surface area contributed by atoms with Gasteiger partial charge in [0.15, 0.2) is 0 Å². The summed E-state index contributed by atoms with van der Waals surface area (Å²) in [6, 6.07) is 18.1. The maximum atomic E-state index is 13.4. The molecule has 0 saturated heterocycles. The molecule has 0 bridgehead atoms. The molecule has 0 radical (unpaired) electrons. The van der Waals surface area contributed by atoms with E-state index < -0.39 is 16.6 Å². The number of rotatable bonds is 4. The zero-order valence-corrected chi connectivity index (χ0v) is 16.1. The van der Waals surface area contributed by atoms with Gasteiger partial charge in [0.1, 0.15) is 17.3 Å². The van der Waals surface area contributed by atoms with Gasteiger partial charge in [0.2, 0.25) is 0 Å². The second-order valence-corrected chi connectivity index (χ2v) is 6.87. The van der Waals surface area contributed by atoms with Crippen molar-refractivity contribution in [2.24, 2.45) is 4.99 Å². The van der Waals surface area contributed by atoms with Gasteiger partial charge in [-0.15, -0.1) is 0 Å². The molecule has 1 amide bonds. The minimum atomic E-state index is -0.495. The van der Waals surface area contributed by atoms with Gasteiger partial charge in [-0.05, 0) is 72.3 Å². The maximum absolute atomic E-state index is 13.4. The van der Waals surface area contributed by atoms with Crippen molar-refractivity contribution in [3.05, 3.63) is 111 Å². The Hall–Kier alpha value is -3.84. The quantitative estimate of drug-likeness (QED) is 0.329. The minimum absolute atomic E-state index is 0.0480. The maximum Gasteiger partial charge on any atom is 0.282 e. The summed E-state index contributed by atoms with van der Waals surface area (Å²) in [5.41, 5.74) is 1.81. The lowest BCUT2D eigenvalue weighted by Gasteiger charge is -2.18. The topological polar surface area (TPSA) is 75.8 Å². The SMILES string of the molecule is O=C1/C(=C\c2ccc([N+](=O)[O-])cc2)N=C(c2ccc(Cl)cc2)N1c1ccc(F)cc1. The monoisotopic (exact) mass is 421 g/mol. The highest BCUT2D eigenvalue weighted by molar-refractivity contribution is 6.34. The van der Waals surface area contributed by atoms with Crippen LogP contribution in [0.15, 0.2) is 83.5 Å². The van der Waals surface area contributed by atoms with E-state index in [1.54, 1.807) is 30.3 Å². The van der Waals surface area contributed by atoms with Crippen molar-refractivity contribution >= 4 is 40.8 Å². The van der Waals surface area contributed by atoms with Gasteiger partial charge >= 0.3 is 0 Å². The Morgan fingerprint density at radius 1 is 0.967 bits per heavy atom. The number of benzene rings is 3. The van der Waals surface area contributed by atoms with Crippen LogP contribution in [0, 0.1) is 15.9 Å². The third-order valence-electron chi connectivity index (χ3n) is 4.45. The van der Waals surface area contributed by atoms with Crippen LogP contribution in [0.25, 0.3) is 6.08 Å². The van der Waals surface area contributed by atoms with E-state index in [0.717, 1.165) is 0 Å². The van der Waals surface area contributed by atoms with E-state index in [1.165, 1.54) is 53.4 Å². The summed E-state index contributed by atoms with van der Waals surface area (Å²) in [6.45, 7) is 0. The van der Waals surface area contributed by atoms with Crippen molar-refractivity contribution in [2.45, 2.75) is 0 Å². The Bertz CT molecular complexity index is 1190. The summed E-state index contributed by atoms with van der Waals surface area (Å²) in [4.78, 5) is 29.3. The molecule has 30 heavy (non-hydrogen) atoms. The van der Waals surface area contributed by atoms with Crippen LogP contribution in [0.4, 0.5) is 15.8 Å². The molecule has 0 N–H and O–H groups in total. The fourth-order valence-electron chi connectivity index (χ4n) is 2.99. The minimum Gasteiger partial charge on any atom is -0.266 e. The van der Waals surface area contributed by atoms with Crippen LogP contribution in [0.1, 0.15) is 11.1 Å². The first-order valence-electron chi connectivity index (χ1n) is 8.83. The van der Waals surface area contributed by atoms with Crippen molar-refractivity contribution in [1.82, 2.24) is 0 Å². The van der Waals surface area contributed by atoms with Gasteiger partial charge in [0.05, 0.1) is 10.6 Å². The number of nitro groups is 1. The van der Waals surface area contributed by atoms with Gasteiger partial charge in [-0.3, -0.25) is 19.8 Å². The van der Waals surface area contributed by atoms with Gasteiger partial charge in [0.25, 0.3) is 11.6 Å². The largest absolute Gasteiger partial charge is 0.282 e. The average molecular weight is 422 g/mol. The Morgan fingerprint density at radius 2 is 1.60 bits per heavy atom. The van der Waals surface area contributed by atoms with Crippen molar-refractivity contribution in [3.63, 3.8) is 0 Å². The highest BCUT2D eigenvalue weighted by atomic mass is 35.5. The van der Waals surface area contributed by atoms with Crippen LogP contribution >= 0.6 is 11.6 Å². The Kier molecular flexibility index (Phi) is 5.12. The van der Waals surface area contributed by atoms with Gasteiger partial charge in [-0.1, -0.05) is 11.6 Å². The number of carbonyl (C=O) groups is 1. The van der Waals surface area contributed by atoms with Crippen LogP contribution in [-0.4, -0.2) is 16.7 Å². The van der Waals surface area contributed by atoms with Gasteiger partial charge in [0, 0.05) is 22.7 Å². The molecule has 1 aliphatic rings. The summed E-state index contributed by atoms with van der Waals surface area (Å²) in [5, 5.41) is 11.4. The van der Waals surface area contributed by atoms with Gasteiger partial charge in [-0.25, -0.2) is 9.38 Å². The molecule has 0 fully saturated rings. The number of amides is 1. The lowest BCUT2D eigenvalue weighted by atomic mass is 10.1. The Labute approximate surface area is 175 Å². The number of hydrogen-bond donors (Lipinski definition) is 0. The fraction of sp³-hybridized carbons (Fsp3) is 0. The smallest absolute Gasteiger partial charge is 0.266 e. The number of hydrogen-bond acceptors (Lipinski definition) is 4. The lowest BCUT2D eigenvalue weighted by Crippen LogP contribution is -2.32. The first kappa shape index (κ1) is 19.5. The highest BCUT2D eigenvalue weighted by Gasteiger charge is 2.32. The van der Waals surface area contributed by atoms with Crippen molar-refractivity contribution in [2.75, 3.05) is 4.90 Å². The number of carbonyl (C=O) groups excluding carboxylic acids is 1. The second kappa shape index (κ2) is 7.88. The summed E-state index contributed by atoms with van der Waals surface area (Å²) in [7, 11) is 0. The second-order valence-electron chi connectivity index (χ2n) is 6.44. The van der Waals surface area contributed by atoms with E-state index in [0.29, 0.717) is 27.7 Å². The van der Waals surface area contributed by atoms with Crippen LogP contribution < -0.4 is 4.90 Å². The van der Waals surface area contributed by atoms with E-state index in [-0.39, 0.29) is 11.4 Å². The normalized spacial score (nSPS) is 14.9. The molecule has 148 valence electrons. The molecule has 1 heterocycles. The van der Waals surface area contributed by atoms with Crippen molar-refractivity contribution in [3.8, 4) is 0 Å². The van der Waals surface area contributed by atoms with E-state index in [9.17, 15) is 19.3 Å². The summed E-state index contributed by atoms with van der Waals surface area (Å²) in [6.07, 6.45) is 1.55. The molecule has 3 aromatic carbocycles. The summed E-state index contributed by atoms with van der Waals surface area (Å²) < 4.78 is 13.4. The molecule has 0 saturated carbocycles. The molecular formula is C22H13ClFN3O3. The third kappa shape index (κ3) is 3.83. The molecule has 8 heteroatoms. The van der Waals surface area contributed by atoms with E-state index >= 15 is 0 Å². The van der Waals surface area contributed by atoms with Crippen molar-refractivity contribution in [1.29, 1.82) is 0 Å². The van der Waals surface area contributed by atoms with E-state index in [4.69, 9.17) is 11.6 Å². The number of halogens is 2. The standard InChI is InChI=1S/C22H13ClFN3O3/c23-16-5-3-15(4-6-16)21-25-20(13-14-1-9-19(10-2-14)27(29)30)22(28)26(21)18-11-7-17(24)8-12-18/h1-13H/b20-13+. The molecule has 0 spiro atoms. The summed E-state index contributed by atoms with van der Waals surface area (Å²) >= 11 is 5.97. The van der Waals surface area contributed by atoms with Crippen LogP contribution in [0.2, 0.25) is 5.02 Å². The number of non-ortho nitro benzene ring substituents is 1. The fourth-order valence-corrected chi connectivity index (χ4v) is 3.12. The first-order valence-corrected chi connectivity index (χ1v) is 9.21. The number of nitro benzene ring substituents is 1. The molecule has 0 aromatic heterocycles. The van der Waals surface area contributed by atoms with E-state index in [2.05, 4.69) is 4.99 Å². The molecule has 6 nitrogen and oxygen atoms in total. The van der Waals surface area contributed by atoms with E-state index in [1.807, 2.05) is 0 Å². The molecule has 0 aliphatic carbocycles. The number of nitrogens with zero attached hydrogens (tertiary/aromatic N) is 3. The molecule has 1 aliphatic heterocycles. The van der Waals surface area contributed by atoms with Crippen molar-refractivity contribution < 1.29 is 14.1 Å². The molecule has 0 unspecified atom stereocenters. The molecular weight excluding hydrogens is 409 g/mol. The zero-order valence-electron chi connectivity index (χ0n) is 15.3. The predicted octanol–water partition coefficient (Wildman–Crippen LogP) is 5.22. The van der Waals surface area contributed by atoms with Crippen LogP contribution in [-0.2, 0) is 4.79 Å². The van der Waals surface area contributed by atoms with Gasteiger partial charge in [-0.2, -0.15) is 0 Å². The number of amidine groups is 1. The van der Waals surface area contributed by atoms with Crippen LogP contribution in [0.3, 0.4) is 0 Å². The lowest BCUT2D eigenvalue weighted by molar-refractivity contribution is -0.384. The highest BCUT2D eigenvalue weighted by Crippen LogP contribution is 2.28.